The molecule has 0 aliphatic carbocycles. The van der Waals surface area contributed by atoms with E-state index in [0.29, 0.717) is 17.3 Å². The predicted molar refractivity (Wildman–Crippen MR) is 114 cm³/mol. The van der Waals surface area contributed by atoms with E-state index in [9.17, 15) is 29.7 Å². The van der Waals surface area contributed by atoms with Crippen molar-refractivity contribution in [1.29, 1.82) is 0 Å². The molecule has 158 valence electrons. The van der Waals surface area contributed by atoms with Crippen molar-refractivity contribution in [2.45, 2.75) is 69.1 Å². The maximum absolute atomic E-state index is 9.44. The van der Waals surface area contributed by atoms with Crippen LogP contribution in [0.2, 0.25) is 4.44 Å². The van der Waals surface area contributed by atoms with E-state index in [4.69, 9.17) is 0 Å². The third kappa shape index (κ3) is 66.4. The summed E-state index contributed by atoms with van der Waals surface area (Å²) in [7, 11) is 0. The van der Waals surface area contributed by atoms with Crippen molar-refractivity contribution in [1.82, 2.24) is 0 Å². The topological polar surface area (TPSA) is 120 Å². The second-order valence-electron chi connectivity index (χ2n) is 5.05. The van der Waals surface area contributed by atoms with Gasteiger partial charge in [0.2, 0.25) is 0 Å². The molecule has 0 saturated carbocycles. The summed E-state index contributed by atoms with van der Waals surface area (Å²) in [5.41, 5.74) is 0. The van der Waals surface area contributed by atoms with Crippen LogP contribution in [0.4, 0.5) is 0 Å². The molecule has 0 amide bonds. The molecule has 0 aliphatic rings. The van der Waals surface area contributed by atoms with Gasteiger partial charge in [0.15, 0.2) is 0 Å². The molecule has 0 radical (unpaired) electrons. The largest absolute Gasteiger partial charge is 0.550 e. The molecule has 0 saturated heterocycles. The van der Waals surface area contributed by atoms with Crippen molar-refractivity contribution in [3.05, 3.63) is 0 Å². The van der Waals surface area contributed by atoms with Gasteiger partial charge < -0.3 is 29.7 Å². The molecule has 0 heterocycles. The first-order chi connectivity index (χ1) is 12.7. The Balaban J connectivity index is -0.000000133. The Morgan fingerprint density at radius 2 is 0.963 bits per heavy atom. The Morgan fingerprint density at radius 1 is 0.667 bits per heavy atom. The number of carboxylic acid groups (broad SMARTS) is 3. The van der Waals surface area contributed by atoms with Gasteiger partial charge in [0, 0.05) is 17.9 Å². The molecular weight excluding hydrogens is 515 g/mol. The van der Waals surface area contributed by atoms with E-state index in [2.05, 4.69) is 44.8 Å². The van der Waals surface area contributed by atoms with Gasteiger partial charge in [0.05, 0.1) is 0 Å². The standard InChI is InChI=1S/C8H17.3C3H6O2S.Sn/c1-3-5-7-8-6-4-2;3*4-3(5)1-2-6;/h1,3-8H2,2H3;3*6H,1-2H2,(H,4,5);/q;;;;+3/p-3. The van der Waals surface area contributed by atoms with Crippen LogP contribution in [0.1, 0.15) is 64.7 Å². The third-order valence-electron chi connectivity index (χ3n) is 2.48. The second-order valence-corrected chi connectivity index (χ2v) is 7.82. The minimum Gasteiger partial charge on any atom is -0.550 e. The molecule has 0 bridgehead atoms. The number of rotatable bonds is 12. The van der Waals surface area contributed by atoms with Crippen molar-refractivity contribution < 1.29 is 29.7 Å². The minimum absolute atomic E-state index is 0.0448. The first kappa shape index (κ1) is 34.7. The van der Waals surface area contributed by atoms with E-state index in [-0.39, 0.29) is 19.3 Å². The fourth-order valence-electron chi connectivity index (χ4n) is 1.18. The Bertz CT molecular complexity index is 290. The number of hydrogen-bond acceptors (Lipinski definition) is 9. The maximum atomic E-state index is 9.44. The van der Waals surface area contributed by atoms with Crippen molar-refractivity contribution >= 4 is 78.3 Å². The summed E-state index contributed by atoms with van der Waals surface area (Å²) < 4.78 is 1.46. The molecule has 0 aromatic heterocycles. The van der Waals surface area contributed by atoms with Gasteiger partial charge in [-0.1, -0.05) is 0 Å². The number of aliphatic carboxylic acids is 3. The van der Waals surface area contributed by atoms with Crippen LogP contribution in [-0.2, 0) is 14.4 Å². The first-order valence-electron chi connectivity index (χ1n) is 8.79. The average Bonchev–Trinajstić information content (AvgIpc) is 2.56. The van der Waals surface area contributed by atoms with E-state index >= 15 is 0 Å². The van der Waals surface area contributed by atoms with E-state index in [1.807, 2.05) is 0 Å². The van der Waals surface area contributed by atoms with Crippen LogP contribution in [0.3, 0.4) is 0 Å². The number of carbonyl (C=O) groups excluding carboxylic acids is 3. The third-order valence-corrected chi connectivity index (χ3v) is 4.16. The van der Waals surface area contributed by atoms with Crippen LogP contribution in [0.5, 0.6) is 0 Å². The minimum atomic E-state index is -1.04. The van der Waals surface area contributed by atoms with E-state index in [1.54, 1.807) is 22.5 Å². The van der Waals surface area contributed by atoms with Crippen LogP contribution in [-0.4, -0.2) is 57.7 Å². The van der Waals surface area contributed by atoms with Crippen LogP contribution >= 0.6 is 37.9 Å². The van der Waals surface area contributed by atoms with Crippen LogP contribution in [0.15, 0.2) is 0 Å². The molecule has 0 N–H and O–H groups in total. The number of hydrogen-bond donors (Lipinski definition) is 3. The summed E-state index contributed by atoms with van der Waals surface area (Å²) in [4.78, 5) is 28.3. The molecular formula is C17H32O6S3Sn. The van der Waals surface area contributed by atoms with Gasteiger partial charge in [0.1, 0.15) is 0 Å². The predicted octanol–water partition coefficient (Wildman–Crippen LogP) is 0.102. The molecule has 0 unspecified atom stereocenters. The Kier molecular flexibility index (Phi) is 43.5. The zero-order valence-corrected chi connectivity index (χ0v) is 21.5. The van der Waals surface area contributed by atoms with E-state index in [0.717, 1.165) is 0 Å². The van der Waals surface area contributed by atoms with Gasteiger partial charge in [0.25, 0.3) is 0 Å². The molecule has 6 nitrogen and oxygen atoms in total. The molecule has 27 heavy (non-hydrogen) atoms. The van der Waals surface area contributed by atoms with Crippen LogP contribution < -0.4 is 15.3 Å². The van der Waals surface area contributed by atoms with Crippen molar-refractivity contribution in [2.24, 2.45) is 0 Å². The Labute approximate surface area is 193 Å². The van der Waals surface area contributed by atoms with Crippen molar-refractivity contribution in [3.63, 3.8) is 0 Å². The SMILES string of the molecule is CCCCCCC[CH2][Sn+3].O=C([O-])CCS.O=C([O-])CCS.O=C([O-])CCS. The molecule has 0 fully saturated rings. The summed E-state index contributed by atoms with van der Waals surface area (Å²) in [5, 5.41) is 28.3. The monoisotopic (exact) mass is 548 g/mol. The summed E-state index contributed by atoms with van der Waals surface area (Å²) in [6.07, 6.45) is 8.84. The van der Waals surface area contributed by atoms with Crippen LogP contribution in [0.25, 0.3) is 0 Å². The van der Waals surface area contributed by atoms with E-state index < -0.39 is 17.9 Å². The summed E-state index contributed by atoms with van der Waals surface area (Å²) in [6.45, 7) is 2.27. The summed E-state index contributed by atoms with van der Waals surface area (Å²) in [5.74, 6) is -2.02. The van der Waals surface area contributed by atoms with Gasteiger partial charge in [-0.05, 0) is 36.5 Å². The average molecular weight is 547 g/mol. The number of carboxylic acids is 3. The fourth-order valence-corrected chi connectivity index (χ4v) is 2.44. The van der Waals surface area contributed by atoms with E-state index in [1.165, 1.54) is 43.0 Å². The second kappa shape index (κ2) is 33.8. The number of unbranched alkanes of at least 4 members (excludes halogenated alkanes) is 5. The number of carbonyl (C=O) groups is 3. The summed E-state index contributed by atoms with van der Waals surface area (Å²) >= 11 is 12.6. The van der Waals surface area contributed by atoms with Crippen molar-refractivity contribution in [2.75, 3.05) is 17.3 Å². The van der Waals surface area contributed by atoms with Gasteiger partial charge in [-0.15, -0.1) is 0 Å². The quantitative estimate of drug-likeness (QED) is 0.181. The van der Waals surface area contributed by atoms with Gasteiger partial charge in [-0.25, -0.2) is 0 Å². The van der Waals surface area contributed by atoms with Crippen LogP contribution in [0, 0.1) is 0 Å². The smallest absolute Gasteiger partial charge is 0.0422 e. The zero-order valence-electron chi connectivity index (χ0n) is 16.0. The molecule has 0 atom stereocenters. The maximum Gasteiger partial charge on any atom is 0.0422 e. The van der Waals surface area contributed by atoms with Gasteiger partial charge in [-0.2, -0.15) is 37.9 Å². The van der Waals surface area contributed by atoms with Gasteiger partial charge >= 0.3 is 72.4 Å². The summed E-state index contributed by atoms with van der Waals surface area (Å²) in [6, 6.07) is 0. The molecule has 0 spiro atoms. The molecule has 0 aromatic rings. The number of thiol groups is 3. The normalized spacial score (nSPS) is 8.81. The fraction of sp³-hybridized carbons (Fsp3) is 0.824. The zero-order chi connectivity index (χ0) is 21.9. The van der Waals surface area contributed by atoms with Crippen molar-refractivity contribution in [3.8, 4) is 0 Å². The first-order valence-corrected chi connectivity index (χ1v) is 12.7. The molecule has 0 aromatic carbocycles. The Morgan fingerprint density at radius 3 is 1.15 bits per heavy atom. The molecule has 0 rings (SSSR count). The molecule has 10 heteroatoms. The Hall–Kier alpha value is 0.259. The van der Waals surface area contributed by atoms with Gasteiger partial charge in [-0.3, -0.25) is 0 Å². The molecule has 0 aliphatic heterocycles.